The van der Waals surface area contributed by atoms with E-state index in [1.165, 1.54) is 10.8 Å². The predicted molar refractivity (Wildman–Crippen MR) is 97.8 cm³/mol. The number of carbonyl (C=O) groups excluding carboxylic acids is 2. The number of rotatable bonds is 4. The quantitative estimate of drug-likeness (QED) is 0.869. The van der Waals surface area contributed by atoms with Crippen LogP contribution in [0.2, 0.25) is 0 Å². The van der Waals surface area contributed by atoms with E-state index in [1.807, 2.05) is 19.1 Å². The lowest BCUT2D eigenvalue weighted by molar-refractivity contribution is -0.134. The third-order valence-corrected chi connectivity index (χ3v) is 5.60. The zero-order valence-corrected chi connectivity index (χ0v) is 14.6. The summed E-state index contributed by atoms with van der Waals surface area (Å²) in [7, 11) is 0. The van der Waals surface area contributed by atoms with E-state index in [9.17, 15) is 9.59 Å². The molecule has 1 heterocycles. The van der Waals surface area contributed by atoms with Gasteiger partial charge in [0, 0.05) is 18.0 Å². The molecule has 5 heteroatoms. The van der Waals surface area contributed by atoms with Crippen LogP contribution in [-0.4, -0.2) is 35.1 Å². The van der Waals surface area contributed by atoms with Crippen molar-refractivity contribution in [2.45, 2.75) is 29.9 Å². The van der Waals surface area contributed by atoms with Gasteiger partial charge in [0.15, 0.2) is 0 Å². The lowest BCUT2D eigenvalue weighted by Gasteiger charge is -2.32. The fraction of sp³-hybridized carbons (Fsp3) is 0.368. The van der Waals surface area contributed by atoms with Gasteiger partial charge in [0.25, 0.3) is 0 Å². The lowest BCUT2D eigenvalue weighted by Crippen LogP contribution is -2.46. The highest BCUT2D eigenvalue weighted by molar-refractivity contribution is 8.00. The summed E-state index contributed by atoms with van der Waals surface area (Å²) in [4.78, 5) is 26.9. The molecule has 2 amide bonds. The number of hydrogen-bond donors (Lipinski definition) is 1. The molecule has 2 aromatic carbocycles. The average molecular weight is 342 g/mol. The number of primary amides is 1. The molecule has 4 nitrogen and oxygen atoms in total. The monoisotopic (exact) mass is 342 g/mol. The van der Waals surface area contributed by atoms with E-state index in [0.717, 1.165) is 17.7 Å². The van der Waals surface area contributed by atoms with Gasteiger partial charge < -0.3 is 10.6 Å². The molecule has 2 atom stereocenters. The zero-order valence-electron chi connectivity index (χ0n) is 13.8. The Kier molecular flexibility index (Phi) is 5.09. The minimum atomic E-state index is -0.303. The van der Waals surface area contributed by atoms with Gasteiger partial charge in [-0.2, -0.15) is 0 Å². The SMILES string of the molecule is C[C@@H](Sc1ccc2ccccc2c1)C(=O)N1CCC[C@@H](C(N)=O)C1. The summed E-state index contributed by atoms with van der Waals surface area (Å²) in [6.07, 6.45) is 1.62. The fourth-order valence-electron chi connectivity index (χ4n) is 3.16. The average Bonchev–Trinajstić information content (AvgIpc) is 2.61. The van der Waals surface area contributed by atoms with Crippen molar-refractivity contribution in [1.82, 2.24) is 4.90 Å². The molecule has 0 radical (unpaired) electrons. The van der Waals surface area contributed by atoms with Crippen molar-refractivity contribution in [2.24, 2.45) is 11.7 Å². The number of hydrogen-bond acceptors (Lipinski definition) is 3. The van der Waals surface area contributed by atoms with Crippen molar-refractivity contribution in [1.29, 1.82) is 0 Å². The number of amides is 2. The molecule has 0 bridgehead atoms. The minimum absolute atomic E-state index is 0.0825. The first-order valence-corrected chi connectivity index (χ1v) is 9.16. The van der Waals surface area contributed by atoms with Crippen molar-refractivity contribution in [3.05, 3.63) is 42.5 Å². The third-order valence-electron chi connectivity index (χ3n) is 4.52. The Labute approximate surface area is 146 Å². The standard InChI is InChI=1S/C19H22N2O2S/c1-13(19(23)21-10-4-7-16(12-21)18(20)22)24-17-9-8-14-5-2-3-6-15(14)11-17/h2-3,5-6,8-9,11,13,16H,4,7,10,12H2,1H3,(H2,20,22)/t13-,16-/m1/s1. The molecule has 0 saturated carbocycles. The minimum Gasteiger partial charge on any atom is -0.369 e. The molecule has 0 unspecified atom stereocenters. The smallest absolute Gasteiger partial charge is 0.235 e. The topological polar surface area (TPSA) is 63.4 Å². The Hall–Kier alpha value is -2.01. The molecule has 1 aliphatic rings. The van der Waals surface area contributed by atoms with Gasteiger partial charge in [-0.25, -0.2) is 0 Å². The van der Waals surface area contributed by atoms with Crippen LogP contribution in [0.4, 0.5) is 0 Å². The van der Waals surface area contributed by atoms with E-state index in [1.54, 1.807) is 16.7 Å². The summed E-state index contributed by atoms with van der Waals surface area (Å²) in [6, 6.07) is 14.4. The van der Waals surface area contributed by atoms with E-state index in [-0.39, 0.29) is 23.0 Å². The van der Waals surface area contributed by atoms with Gasteiger partial charge in [0.05, 0.1) is 11.2 Å². The first-order chi connectivity index (χ1) is 11.5. The summed E-state index contributed by atoms with van der Waals surface area (Å²) < 4.78 is 0. The normalized spacial score (nSPS) is 19.2. The van der Waals surface area contributed by atoms with Crippen LogP contribution >= 0.6 is 11.8 Å². The summed E-state index contributed by atoms with van der Waals surface area (Å²) >= 11 is 1.56. The van der Waals surface area contributed by atoms with Crippen LogP contribution in [0.5, 0.6) is 0 Å². The Morgan fingerprint density at radius 1 is 1.21 bits per heavy atom. The van der Waals surface area contributed by atoms with E-state index in [2.05, 4.69) is 30.3 Å². The number of nitrogens with zero attached hydrogens (tertiary/aromatic N) is 1. The van der Waals surface area contributed by atoms with Crippen LogP contribution in [-0.2, 0) is 9.59 Å². The molecule has 1 fully saturated rings. The van der Waals surface area contributed by atoms with Crippen LogP contribution in [0.3, 0.4) is 0 Å². The van der Waals surface area contributed by atoms with Crippen molar-refractivity contribution in [2.75, 3.05) is 13.1 Å². The van der Waals surface area contributed by atoms with E-state index in [4.69, 9.17) is 5.73 Å². The number of carbonyl (C=O) groups is 2. The molecule has 2 N–H and O–H groups in total. The molecule has 1 saturated heterocycles. The second-order valence-corrected chi connectivity index (χ2v) is 7.71. The Balaban J connectivity index is 1.67. The molecule has 2 aromatic rings. The molecule has 0 aliphatic carbocycles. The molecule has 126 valence electrons. The molecule has 24 heavy (non-hydrogen) atoms. The maximum Gasteiger partial charge on any atom is 0.235 e. The third kappa shape index (κ3) is 3.73. The summed E-state index contributed by atoms with van der Waals surface area (Å²) in [5, 5.41) is 2.19. The van der Waals surface area contributed by atoms with Crippen LogP contribution in [0.25, 0.3) is 10.8 Å². The van der Waals surface area contributed by atoms with E-state index in [0.29, 0.717) is 13.1 Å². The molecule has 3 rings (SSSR count). The maximum absolute atomic E-state index is 12.7. The number of thioether (sulfide) groups is 1. The van der Waals surface area contributed by atoms with Gasteiger partial charge in [-0.15, -0.1) is 11.8 Å². The van der Waals surface area contributed by atoms with E-state index < -0.39 is 0 Å². The number of nitrogens with two attached hydrogens (primary N) is 1. The largest absolute Gasteiger partial charge is 0.369 e. The van der Waals surface area contributed by atoms with Crippen LogP contribution in [0.1, 0.15) is 19.8 Å². The summed E-state index contributed by atoms with van der Waals surface area (Å²) in [6.45, 7) is 3.10. The number of benzene rings is 2. The van der Waals surface area contributed by atoms with Crippen molar-refractivity contribution in [3.63, 3.8) is 0 Å². The fourth-order valence-corrected chi connectivity index (χ4v) is 4.16. The van der Waals surface area contributed by atoms with Crippen molar-refractivity contribution in [3.8, 4) is 0 Å². The second kappa shape index (κ2) is 7.26. The Morgan fingerprint density at radius 2 is 1.96 bits per heavy atom. The first kappa shape index (κ1) is 16.8. The van der Waals surface area contributed by atoms with Gasteiger partial charge in [-0.05, 0) is 42.7 Å². The predicted octanol–water partition coefficient (Wildman–Crippen LogP) is 3.04. The second-order valence-electron chi connectivity index (χ2n) is 6.29. The number of piperidine rings is 1. The van der Waals surface area contributed by atoms with Crippen molar-refractivity contribution < 1.29 is 9.59 Å². The van der Waals surface area contributed by atoms with Gasteiger partial charge in [0.1, 0.15) is 0 Å². The number of likely N-dealkylation sites (tertiary alicyclic amines) is 1. The maximum atomic E-state index is 12.7. The molecular weight excluding hydrogens is 320 g/mol. The van der Waals surface area contributed by atoms with Crippen LogP contribution in [0.15, 0.2) is 47.4 Å². The zero-order chi connectivity index (χ0) is 17.1. The van der Waals surface area contributed by atoms with Crippen LogP contribution < -0.4 is 5.73 Å². The van der Waals surface area contributed by atoms with Gasteiger partial charge in [0.2, 0.25) is 11.8 Å². The number of fused-ring (bicyclic) bond motifs is 1. The van der Waals surface area contributed by atoms with Gasteiger partial charge in [-0.1, -0.05) is 30.3 Å². The Bertz CT molecular complexity index is 762. The molecular formula is C19H22N2O2S. The molecule has 0 spiro atoms. The highest BCUT2D eigenvalue weighted by Crippen LogP contribution is 2.29. The van der Waals surface area contributed by atoms with E-state index >= 15 is 0 Å². The Morgan fingerprint density at radius 3 is 2.71 bits per heavy atom. The highest BCUT2D eigenvalue weighted by atomic mass is 32.2. The lowest BCUT2D eigenvalue weighted by atomic mass is 9.97. The summed E-state index contributed by atoms with van der Waals surface area (Å²) in [5.41, 5.74) is 5.40. The van der Waals surface area contributed by atoms with Crippen LogP contribution in [0, 0.1) is 5.92 Å². The first-order valence-electron chi connectivity index (χ1n) is 8.28. The molecule has 1 aliphatic heterocycles. The molecule has 0 aromatic heterocycles. The van der Waals surface area contributed by atoms with Gasteiger partial charge in [-0.3, -0.25) is 9.59 Å². The highest BCUT2D eigenvalue weighted by Gasteiger charge is 2.29. The summed E-state index contributed by atoms with van der Waals surface area (Å²) in [5.74, 6) is -0.429. The van der Waals surface area contributed by atoms with Crippen molar-refractivity contribution >= 4 is 34.3 Å². The van der Waals surface area contributed by atoms with Gasteiger partial charge >= 0.3 is 0 Å².